The first kappa shape index (κ1) is 8.74. The van der Waals surface area contributed by atoms with Gasteiger partial charge in [-0.1, -0.05) is 18.6 Å². The van der Waals surface area contributed by atoms with Crippen LogP contribution < -0.4 is 0 Å². The molecule has 2 atom stereocenters. The van der Waals surface area contributed by atoms with Gasteiger partial charge in [-0.2, -0.15) is 0 Å². The molecule has 0 aliphatic heterocycles. The summed E-state index contributed by atoms with van der Waals surface area (Å²) in [6.07, 6.45) is 10.9. The van der Waals surface area contributed by atoms with Crippen molar-refractivity contribution in [3.63, 3.8) is 0 Å². The zero-order valence-corrected chi connectivity index (χ0v) is 8.12. The Balaban J connectivity index is 2.25. The van der Waals surface area contributed by atoms with E-state index < -0.39 is 0 Å². The molecule has 0 unspecified atom stereocenters. The second-order valence-electron chi connectivity index (χ2n) is 4.27. The maximum Gasteiger partial charge on any atom is 0.159 e. The van der Waals surface area contributed by atoms with Gasteiger partial charge in [-0.25, -0.2) is 0 Å². The van der Waals surface area contributed by atoms with Gasteiger partial charge in [-0.05, 0) is 43.8 Å². The molecule has 70 valence electrons. The molecule has 0 radical (unpaired) electrons. The molecule has 0 aromatic heterocycles. The molecule has 0 amide bonds. The zero-order chi connectivity index (χ0) is 9.26. The predicted molar refractivity (Wildman–Crippen MR) is 53.4 cm³/mol. The summed E-state index contributed by atoms with van der Waals surface area (Å²) in [5, 5.41) is 0. The van der Waals surface area contributed by atoms with Crippen molar-refractivity contribution in [2.24, 2.45) is 11.8 Å². The summed E-state index contributed by atoms with van der Waals surface area (Å²) in [5.74, 6) is 1.33. The lowest BCUT2D eigenvalue weighted by atomic mass is 9.77. The summed E-state index contributed by atoms with van der Waals surface area (Å²) in [4.78, 5) is 11.7. The number of fused-ring (bicyclic) bond motifs is 2. The summed E-state index contributed by atoms with van der Waals surface area (Å²) in [6.45, 7) is 2.01. The second-order valence-corrected chi connectivity index (χ2v) is 4.27. The van der Waals surface area contributed by atoms with Crippen LogP contribution in [0.2, 0.25) is 0 Å². The fourth-order valence-electron chi connectivity index (χ4n) is 2.34. The van der Waals surface area contributed by atoms with E-state index in [-0.39, 0.29) is 0 Å². The van der Waals surface area contributed by atoms with Gasteiger partial charge in [0.2, 0.25) is 0 Å². The molecule has 1 fully saturated rings. The first-order chi connectivity index (χ1) is 6.25. The molecule has 2 rings (SSSR count). The van der Waals surface area contributed by atoms with Crippen molar-refractivity contribution in [2.75, 3.05) is 0 Å². The highest BCUT2D eigenvalue weighted by molar-refractivity contribution is 5.92. The molecule has 0 saturated heterocycles. The third kappa shape index (κ3) is 1.90. The van der Waals surface area contributed by atoms with Crippen molar-refractivity contribution in [1.82, 2.24) is 0 Å². The molecule has 0 heterocycles. The van der Waals surface area contributed by atoms with E-state index in [4.69, 9.17) is 0 Å². The fraction of sp³-hybridized carbons (Fsp3) is 0.583. The minimum Gasteiger partial charge on any atom is -0.295 e. The minimum absolute atomic E-state index is 0.318. The van der Waals surface area contributed by atoms with Crippen LogP contribution in [0.3, 0.4) is 0 Å². The van der Waals surface area contributed by atoms with Crippen molar-refractivity contribution >= 4 is 5.78 Å². The Labute approximate surface area is 79.5 Å². The lowest BCUT2D eigenvalue weighted by molar-refractivity contribution is -0.119. The quantitative estimate of drug-likeness (QED) is 0.554. The molecule has 2 bridgehead atoms. The van der Waals surface area contributed by atoms with Crippen molar-refractivity contribution in [1.29, 1.82) is 0 Å². The van der Waals surface area contributed by atoms with E-state index >= 15 is 0 Å². The van der Waals surface area contributed by atoms with Crippen LogP contribution in [0.4, 0.5) is 0 Å². The lowest BCUT2D eigenvalue weighted by Crippen LogP contribution is -2.21. The van der Waals surface area contributed by atoms with E-state index in [1.165, 1.54) is 12.8 Å². The van der Waals surface area contributed by atoms with E-state index in [1.54, 1.807) is 0 Å². The van der Waals surface area contributed by atoms with E-state index in [0.29, 0.717) is 17.6 Å². The summed E-state index contributed by atoms with van der Waals surface area (Å²) in [5.41, 5.74) is 1.11. The summed E-state index contributed by atoms with van der Waals surface area (Å²) in [6, 6.07) is 0. The van der Waals surface area contributed by atoms with Gasteiger partial charge in [0.05, 0.1) is 0 Å². The Kier molecular flexibility index (Phi) is 2.34. The standard InChI is InChI=1S/C12H16O/c1-9-5-6-10-3-2-4-11(8-10)12(13)7-9/h5-7,10-11H,2-4,8H2,1H3/b6-5-,9-7-/t10-,11-/m0/s1. The highest BCUT2D eigenvalue weighted by Gasteiger charge is 2.25. The normalized spacial score (nSPS) is 40.1. The van der Waals surface area contributed by atoms with Crippen LogP contribution in [0.25, 0.3) is 0 Å². The average molecular weight is 176 g/mol. The summed E-state index contributed by atoms with van der Waals surface area (Å²) < 4.78 is 0. The van der Waals surface area contributed by atoms with E-state index in [2.05, 4.69) is 12.2 Å². The summed E-state index contributed by atoms with van der Waals surface area (Å²) >= 11 is 0. The lowest BCUT2D eigenvalue weighted by Gasteiger charge is -2.26. The molecule has 0 aromatic rings. The Morgan fingerprint density at radius 2 is 2.23 bits per heavy atom. The van der Waals surface area contributed by atoms with Gasteiger partial charge in [0.25, 0.3) is 0 Å². The van der Waals surface area contributed by atoms with Gasteiger partial charge >= 0.3 is 0 Å². The van der Waals surface area contributed by atoms with Crippen LogP contribution in [0, 0.1) is 11.8 Å². The van der Waals surface area contributed by atoms with Crippen LogP contribution >= 0.6 is 0 Å². The van der Waals surface area contributed by atoms with Gasteiger partial charge in [-0.15, -0.1) is 0 Å². The highest BCUT2D eigenvalue weighted by atomic mass is 16.1. The van der Waals surface area contributed by atoms with Gasteiger partial charge in [0.15, 0.2) is 5.78 Å². The van der Waals surface area contributed by atoms with E-state index in [0.717, 1.165) is 18.4 Å². The average Bonchev–Trinajstić information content (AvgIpc) is 2.14. The maximum absolute atomic E-state index is 11.7. The molecule has 0 N–H and O–H groups in total. The maximum atomic E-state index is 11.7. The van der Waals surface area contributed by atoms with Gasteiger partial charge in [0, 0.05) is 5.92 Å². The number of carbonyl (C=O) groups is 1. The Bertz CT molecular complexity index is 273. The van der Waals surface area contributed by atoms with Crippen molar-refractivity contribution in [3.8, 4) is 0 Å². The van der Waals surface area contributed by atoms with Crippen LogP contribution in [0.5, 0.6) is 0 Å². The largest absolute Gasteiger partial charge is 0.295 e. The van der Waals surface area contributed by atoms with Gasteiger partial charge < -0.3 is 0 Å². The smallest absolute Gasteiger partial charge is 0.159 e. The number of hydrogen-bond acceptors (Lipinski definition) is 1. The first-order valence-electron chi connectivity index (χ1n) is 5.16. The third-order valence-corrected chi connectivity index (χ3v) is 3.12. The number of carbonyl (C=O) groups excluding carboxylic acids is 1. The molecular formula is C12H16O. The predicted octanol–water partition coefficient (Wildman–Crippen LogP) is 2.88. The topological polar surface area (TPSA) is 17.1 Å². The first-order valence-corrected chi connectivity index (χ1v) is 5.16. The van der Waals surface area contributed by atoms with Crippen LogP contribution in [-0.4, -0.2) is 5.78 Å². The van der Waals surface area contributed by atoms with Crippen LogP contribution in [0.1, 0.15) is 32.6 Å². The number of rotatable bonds is 0. The van der Waals surface area contributed by atoms with Crippen molar-refractivity contribution < 1.29 is 4.79 Å². The van der Waals surface area contributed by atoms with E-state index in [1.807, 2.05) is 13.0 Å². The number of allylic oxidation sites excluding steroid dienone is 4. The molecule has 13 heavy (non-hydrogen) atoms. The monoisotopic (exact) mass is 176 g/mol. The summed E-state index contributed by atoms with van der Waals surface area (Å²) in [7, 11) is 0. The Hall–Kier alpha value is -0.850. The van der Waals surface area contributed by atoms with E-state index in [9.17, 15) is 4.79 Å². The molecule has 1 saturated carbocycles. The molecule has 0 aromatic carbocycles. The number of hydrogen-bond donors (Lipinski definition) is 0. The Morgan fingerprint density at radius 3 is 3.08 bits per heavy atom. The van der Waals surface area contributed by atoms with Gasteiger partial charge in [0.1, 0.15) is 0 Å². The minimum atomic E-state index is 0.318. The molecule has 1 nitrogen and oxygen atoms in total. The second kappa shape index (κ2) is 3.49. The molecular weight excluding hydrogens is 160 g/mol. The van der Waals surface area contributed by atoms with Crippen LogP contribution in [0.15, 0.2) is 23.8 Å². The fourth-order valence-corrected chi connectivity index (χ4v) is 2.34. The molecule has 1 heteroatoms. The van der Waals surface area contributed by atoms with Gasteiger partial charge in [-0.3, -0.25) is 4.79 Å². The molecule has 2 aliphatic rings. The van der Waals surface area contributed by atoms with Crippen molar-refractivity contribution in [3.05, 3.63) is 23.8 Å². The number of ketones is 1. The third-order valence-electron chi connectivity index (χ3n) is 3.12. The van der Waals surface area contributed by atoms with Crippen molar-refractivity contribution in [2.45, 2.75) is 32.6 Å². The molecule has 0 spiro atoms. The van der Waals surface area contributed by atoms with Crippen LogP contribution in [-0.2, 0) is 4.79 Å². The zero-order valence-electron chi connectivity index (χ0n) is 8.12. The molecule has 2 aliphatic carbocycles. The SMILES string of the molecule is CC1=C/C(=O)[C@H]2CCC[C@@H](/C=C\1)C2. The Morgan fingerprint density at radius 1 is 1.38 bits per heavy atom. The highest BCUT2D eigenvalue weighted by Crippen LogP contribution is 2.32.